The molecule has 0 N–H and O–H groups in total. The lowest BCUT2D eigenvalue weighted by molar-refractivity contribution is -0.147. The normalized spacial score (nSPS) is 16.4. The maximum atomic E-state index is 12.7. The fourth-order valence-electron chi connectivity index (χ4n) is 1.23. The molecule has 0 aromatic rings. The van der Waals surface area contributed by atoms with E-state index in [0.29, 0.717) is 0 Å². The molecule has 0 aromatic heterocycles. The van der Waals surface area contributed by atoms with Gasteiger partial charge in [0, 0.05) is 26.1 Å². The zero-order valence-electron chi connectivity index (χ0n) is 9.83. The molecule has 0 aromatic carbocycles. The van der Waals surface area contributed by atoms with E-state index in [1.807, 2.05) is 0 Å². The van der Waals surface area contributed by atoms with Crippen LogP contribution in [0.25, 0.3) is 0 Å². The summed E-state index contributed by atoms with van der Waals surface area (Å²) in [6.07, 6.45) is -17.8. The van der Waals surface area contributed by atoms with E-state index >= 15 is 0 Å². The molecule has 116 valence electrons. The van der Waals surface area contributed by atoms with Crippen molar-refractivity contribution in [1.82, 2.24) is 0 Å². The number of rotatable bonds is 8. The van der Waals surface area contributed by atoms with Crippen molar-refractivity contribution in [1.29, 1.82) is 0 Å². The lowest BCUT2D eigenvalue weighted by Crippen LogP contribution is -2.19. The standard InChI is InChI=1S/C10H14F8O/c11-7(5-9(13,14)15)1-3-19-4-2-8(12)6-10(16,17)18/h7-8H,1-6H2. The molecule has 0 aliphatic carbocycles. The molecule has 0 amide bonds. The molecule has 0 aliphatic rings. The van der Waals surface area contributed by atoms with Crippen molar-refractivity contribution in [3.05, 3.63) is 0 Å². The molecule has 2 atom stereocenters. The Hall–Kier alpha value is -0.600. The summed E-state index contributed by atoms with van der Waals surface area (Å²) < 4.78 is 100. The number of ether oxygens (including phenoxy) is 1. The van der Waals surface area contributed by atoms with Crippen LogP contribution in [0, 0.1) is 0 Å². The summed E-state index contributed by atoms with van der Waals surface area (Å²) in [4.78, 5) is 0. The zero-order valence-corrected chi connectivity index (χ0v) is 9.83. The van der Waals surface area contributed by atoms with Crippen LogP contribution in [0.1, 0.15) is 25.7 Å². The minimum Gasteiger partial charge on any atom is -0.381 e. The smallest absolute Gasteiger partial charge is 0.381 e. The Labute approximate surface area is 104 Å². The molecular weight excluding hydrogens is 288 g/mol. The quantitative estimate of drug-likeness (QED) is 0.478. The maximum absolute atomic E-state index is 12.7. The van der Waals surface area contributed by atoms with Crippen molar-refractivity contribution in [3.63, 3.8) is 0 Å². The minimum atomic E-state index is -4.61. The average molecular weight is 302 g/mol. The van der Waals surface area contributed by atoms with Crippen LogP contribution in [0.5, 0.6) is 0 Å². The van der Waals surface area contributed by atoms with Crippen LogP contribution in [0.3, 0.4) is 0 Å². The molecule has 0 radical (unpaired) electrons. The molecule has 1 nitrogen and oxygen atoms in total. The first-order chi connectivity index (χ1) is 8.49. The second kappa shape index (κ2) is 7.86. The summed E-state index contributed by atoms with van der Waals surface area (Å²) in [6.45, 7) is -0.786. The third kappa shape index (κ3) is 13.6. The number of hydrogen-bond acceptors (Lipinski definition) is 1. The molecule has 19 heavy (non-hydrogen) atoms. The highest BCUT2D eigenvalue weighted by atomic mass is 19.4. The van der Waals surface area contributed by atoms with Crippen LogP contribution < -0.4 is 0 Å². The molecule has 0 fully saturated rings. The van der Waals surface area contributed by atoms with Crippen molar-refractivity contribution >= 4 is 0 Å². The van der Waals surface area contributed by atoms with E-state index in [1.165, 1.54) is 0 Å². The summed E-state index contributed by atoms with van der Waals surface area (Å²) >= 11 is 0. The fourth-order valence-corrected chi connectivity index (χ4v) is 1.23. The summed E-state index contributed by atoms with van der Waals surface area (Å²) in [7, 11) is 0. The van der Waals surface area contributed by atoms with Gasteiger partial charge in [-0.2, -0.15) is 26.3 Å². The van der Waals surface area contributed by atoms with Gasteiger partial charge in [0.05, 0.1) is 12.8 Å². The van der Waals surface area contributed by atoms with E-state index in [0.717, 1.165) is 0 Å². The van der Waals surface area contributed by atoms with Crippen LogP contribution in [0.4, 0.5) is 35.1 Å². The number of hydrogen-bond donors (Lipinski definition) is 0. The van der Waals surface area contributed by atoms with Crippen LogP contribution in [0.15, 0.2) is 0 Å². The van der Waals surface area contributed by atoms with Gasteiger partial charge in [-0.1, -0.05) is 0 Å². The van der Waals surface area contributed by atoms with Gasteiger partial charge < -0.3 is 4.74 Å². The van der Waals surface area contributed by atoms with E-state index < -0.39 is 63.6 Å². The summed E-state index contributed by atoms with van der Waals surface area (Å²) in [5, 5.41) is 0. The first-order valence-electron chi connectivity index (χ1n) is 5.49. The maximum Gasteiger partial charge on any atom is 0.391 e. The van der Waals surface area contributed by atoms with Gasteiger partial charge in [-0.05, 0) is 0 Å². The van der Waals surface area contributed by atoms with Gasteiger partial charge in [0.25, 0.3) is 0 Å². The Morgan fingerprint density at radius 2 is 1.00 bits per heavy atom. The van der Waals surface area contributed by atoms with Crippen LogP contribution >= 0.6 is 0 Å². The van der Waals surface area contributed by atoms with Crippen LogP contribution in [-0.2, 0) is 4.74 Å². The SMILES string of the molecule is FC(CCOCCC(F)CC(F)(F)F)CC(F)(F)F. The fraction of sp³-hybridized carbons (Fsp3) is 1.00. The molecule has 0 aliphatic heterocycles. The number of halogens is 8. The average Bonchev–Trinajstić information content (AvgIpc) is 2.10. The lowest BCUT2D eigenvalue weighted by Gasteiger charge is -2.13. The molecule has 2 unspecified atom stereocenters. The van der Waals surface area contributed by atoms with Gasteiger partial charge >= 0.3 is 12.4 Å². The van der Waals surface area contributed by atoms with Gasteiger partial charge in [-0.25, -0.2) is 8.78 Å². The molecule has 0 saturated heterocycles. The first-order valence-corrected chi connectivity index (χ1v) is 5.49. The second-order valence-corrected chi connectivity index (χ2v) is 4.02. The van der Waals surface area contributed by atoms with Crippen molar-refractivity contribution in [2.24, 2.45) is 0 Å². The Morgan fingerprint density at radius 3 is 1.26 bits per heavy atom. The summed E-state index contributed by atoms with van der Waals surface area (Å²) in [6, 6.07) is 0. The number of alkyl halides is 8. The molecular formula is C10H14F8O. The van der Waals surface area contributed by atoms with Crippen molar-refractivity contribution in [3.8, 4) is 0 Å². The Kier molecular flexibility index (Phi) is 7.61. The van der Waals surface area contributed by atoms with Crippen LogP contribution in [0.2, 0.25) is 0 Å². The monoisotopic (exact) mass is 302 g/mol. The molecule has 0 rings (SSSR count). The molecule has 0 saturated carbocycles. The largest absolute Gasteiger partial charge is 0.391 e. The second-order valence-electron chi connectivity index (χ2n) is 4.02. The van der Waals surface area contributed by atoms with Crippen molar-refractivity contribution in [2.45, 2.75) is 50.4 Å². The van der Waals surface area contributed by atoms with Crippen LogP contribution in [-0.4, -0.2) is 37.9 Å². The Morgan fingerprint density at radius 1 is 0.684 bits per heavy atom. The minimum absolute atomic E-state index is 0.393. The first kappa shape index (κ1) is 18.4. The molecule has 0 spiro atoms. The third-order valence-electron chi connectivity index (χ3n) is 2.06. The highest BCUT2D eigenvalue weighted by Crippen LogP contribution is 2.25. The topological polar surface area (TPSA) is 9.23 Å². The summed E-state index contributed by atoms with van der Waals surface area (Å²) in [5.74, 6) is 0. The highest BCUT2D eigenvalue weighted by Gasteiger charge is 2.32. The zero-order chi connectivity index (χ0) is 15.1. The van der Waals surface area contributed by atoms with Gasteiger partial charge in [0.2, 0.25) is 0 Å². The Bertz CT molecular complexity index is 213. The lowest BCUT2D eigenvalue weighted by atomic mass is 10.2. The summed E-state index contributed by atoms with van der Waals surface area (Å²) in [5.41, 5.74) is 0. The van der Waals surface area contributed by atoms with Crippen molar-refractivity contribution in [2.75, 3.05) is 13.2 Å². The van der Waals surface area contributed by atoms with Gasteiger partial charge in [-0.15, -0.1) is 0 Å². The van der Waals surface area contributed by atoms with Gasteiger partial charge in [-0.3, -0.25) is 0 Å². The highest BCUT2D eigenvalue weighted by molar-refractivity contribution is 4.63. The van der Waals surface area contributed by atoms with E-state index in [2.05, 4.69) is 4.74 Å². The molecule has 0 bridgehead atoms. The Balaban J connectivity index is 3.55. The predicted octanol–water partition coefficient (Wildman–Crippen LogP) is 4.36. The molecule has 0 heterocycles. The van der Waals surface area contributed by atoms with Gasteiger partial charge in [0.1, 0.15) is 12.3 Å². The van der Waals surface area contributed by atoms with E-state index in [-0.39, 0.29) is 0 Å². The van der Waals surface area contributed by atoms with Crippen molar-refractivity contribution < 1.29 is 39.9 Å². The predicted molar refractivity (Wildman–Crippen MR) is 51.2 cm³/mol. The molecule has 9 heteroatoms. The van der Waals surface area contributed by atoms with E-state index in [4.69, 9.17) is 0 Å². The van der Waals surface area contributed by atoms with E-state index in [9.17, 15) is 35.1 Å². The third-order valence-corrected chi connectivity index (χ3v) is 2.06. The van der Waals surface area contributed by atoms with Gasteiger partial charge in [0.15, 0.2) is 0 Å². The van der Waals surface area contributed by atoms with E-state index in [1.54, 1.807) is 0 Å².